The number of hydrogen-bond acceptors (Lipinski definition) is 5. The van der Waals surface area contributed by atoms with E-state index in [1.54, 1.807) is 6.20 Å². The minimum atomic E-state index is -0.185. The summed E-state index contributed by atoms with van der Waals surface area (Å²) in [6.45, 7) is 9.63. The van der Waals surface area contributed by atoms with E-state index in [0.29, 0.717) is 18.1 Å². The zero-order valence-electron chi connectivity index (χ0n) is 13.1. The molecule has 0 spiro atoms. The van der Waals surface area contributed by atoms with Crippen molar-refractivity contribution in [2.24, 2.45) is 5.41 Å². The summed E-state index contributed by atoms with van der Waals surface area (Å²) >= 11 is 0. The molecule has 21 heavy (non-hydrogen) atoms. The van der Waals surface area contributed by atoms with Gasteiger partial charge in [-0.05, 0) is 20.3 Å². The number of nitrogens with zero attached hydrogens (tertiary/aromatic N) is 2. The number of anilines is 1. The molecule has 0 aromatic carbocycles. The third-order valence-electron chi connectivity index (χ3n) is 4.08. The number of amides is 1. The van der Waals surface area contributed by atoms with Gasteiger partial charge in [-0.15, -0.1) is 0 Å². The summed E-state index contributed by atoms with van der Waals surface area (Å²) in [7, 11) is 0. The molecule has 6 heteroatoms. The Morgan fingerprint density at radius 1 is 1.43 bits per heavy atom. The Balaban J connectivity index is 1.98. The summed E-state index contributed by atoms with van der Waals surface area (Å²) in [5, 5.41) is 6.08. The first-order valence-corrected chi connectivity index (χ1v) is 7.47. The van der Waals surface area contributed by atoms with Gasteiger partial charge in [-0.3, -0.25) is 9.78 Å². The molecule has 0 saturated heterocycles. The minimum Gasteiger partial charge on any atom is -0.378 e. The Morgan fingerprint density at radius 2 is 2.19 bits per heavy atom. The predicted octanol–water partition coefficient (Wildman–Crippen LogP) is 1.84. The maximum Gasteiger partial charge on any atom is 0.271 e. The zero-order chi connectivity index (χ0) is 15.5. The topological polar surface area (TPSA) is 76.1 Å². The fraction of sp³-hybridized carbons (Fsp3) is 0.667. The van der Waals surface area contributed by atoms with Crippen LogP contribution in [0, 0.1) is 5.41 Å². The third kappa shape index (κ3) is 3.32. The van der Waals surface area contributed by atoms with Crippen LogP contribution < -0.4 is 10.6 Å². The molecule has 1 aromatic rings. The van der Waals surface area contributed by atoms with Crippen LogP contribution in [0.4, 0.5) is 5.82 Å². The lowest BCUT2D eigenvalue weighted by atomic mass is 9.64. The van der Waals surface area contributed by atoms with Crippen molar-refractivity contribution < 1.29 is 9.53 Å². The molecule has 116 valence electrons. The van der Waals surface area contributed by atoms with Crippen LogP contribution in [0.25, 0.3) is 0 Å². The highest BCUT2D eigenvalue weighted by Crippen LogP contribution is 2.42. The van der Waals surface area contributed by atoms with E-state index in [1.807, 2.05) is 13.8 Å². The van der Waals surface area contributed by atoms with Crippen LogP contribution in [0.2, 0.25) is 0 Å². The van der Waals surface area contributed by atoms with E-state index in [2.05, 4.69) is 34.4 Å². The van der Waals surface area contributed by atoms with Crippen LogP contribution in [-0.2, 0) is 4.74 Å². The van der Waals surface area contributed by atoms with Gasteiger partial charge in [0.15, 0.2) is 0 Å². The van der Waals surface area contributed by atoms with Gasteiger partial charge >= 0.3 is 0 Å². The molecule has 2 N–H and O–H groups in total. The average molecular weight is 292 g/mol. The molecule has 1 amide bonds. The van der Waals surface area contributed by atoms with E-state index in [1.165, 1.54) is 6.20 Å². The third-order valence-corrected chi connectivity index (χ3v) is 4.08. The van der Waals surface area contributed by atoms with Crippen LogP contribution in [-0.4, -0.2) is 41.2 Å². The van der Waals surface area contributed by atoms with Gasteiger partial charge in [0.05, 0.1) is 18.5 Å². The molecule has 1 aliphatic rings. The van der Waals surface area contributed by atoms with Crippen LogP contribution in [0.3, 0.4) is 0 Å². The normalized spacial score (nSPS) is 23.2. The maximum absolute atomic E-state index is 12.3. The van der Waals surface area contributed by atoms with Crippen molar-refractivity contribution in [3.63, 3.8) is 0 Å². The zero-order valence-corrected chi connectivity index (χ0v) is 13.1. The first-order valence-electron chi connectivity index (χ1n) is 7.47. The molecule has 1 aromatic heterocycles. The first-order chi connectivity index (χ1) is 9.98. The Bertz CT molecular complexity index is 504. The Labute approximate surface area is 125 Å². The second-order valence-corrected chi connectivity index (χ2v) is 5.85. The Morgan fingerprint density at radius 3 is 2.81 bits per heavy atom. The van der Waals surface area contributed by atoms with Gasteiger partial charge < -0.3 is 15.4 Å². The van der Waals surface area contributed by atoms with Gasteiger partial charge in [0, 0.05) is 24.6 Å². The molecule has 6 nitrogen and oxygen atoms in total. The first kappa shape index (κ1) is 15.7. The van der Waals surface area contributed by atoms with Gasteiger partial charge in [-0.2, -0.15) is 0 Å². The molecule has 1 heterocycles. The second-order valence-electron chi connectivity index (χ2n) is 5.85. The standard InChI is InChI=1S/C15H24N4O2/c1-5-17-13-9-16-8-10(18-13)14(20)19-11-7-12(21-6-2)15(11,3)4/h8-9,11-12H,5-7H2,1-4H3,(H,17,18)(H,19,20). The van der Waals surface area contributed by atoms with Crippen LogP contribution >= 0.6 is 0 Å². The molecule has 0 bridgehead atoms. The highest BCUT2D eigenvalue weighted by molar-refractivity contribution is 5.92. The molecule has 2 rings (SSSR count). The molecule has 1 fully saturated rings. The summed E-state index contributed by atoms with van der Waals surface area (Å²) < 4.78 is 5.67. The van der Waals surface area contributed by atoms with E-state index in [0.717, 1.165) is 13.0 Å². The van der Waals surface area contributed by atoms with Crippen molar-refractivity contribution >= 4 is 11.7 Å². The van der Waals surface area contributed by atoms with E-state index in [4.69, 9.17) is 4.74 Å². The van der Waals surface area contributed by atoms with E-state index in [-0.39, 0.29) is 23.5 Å². The molecular weight excluding hydrogens is 268 g/mol. The molecule has 1 aliphatic carbocycles. The van der Waals surface area contributed by atoms with E-state index in [9.17, 15) is 4.79 Å². The van der Waals surface area contributed by atoms with Gasteiger partial charge in [0.25, 0.3) is 5.91 Å². The van der Waals surface area contributed by atoms with Crippen LogP contribution in [0.15, 0.2) is 12.4 Å². The number of ether oxygens (including phenoxy) is 1. The predicted molar refractivity (Wildman–Crippen MR) is 81.3 cm³/mol. The Kier molecular flexibility index (Phi) is 4.77. The molecular formula is C15H24N4O2. The average Bonchev–Trinajstić information content (AvgIpc) is 2.46. The van der Waals surface area contributed by atoms with Crippen LogP contribution in [0.1, 0.15) is 44.6 Å². The fourth-order valence-electron chi connectivity index (χ4n) is 2.59. The molecule has 1 saturated carbocycles. The highest BCUT2D eigenvalue weighted by atomic mass is 16.5. The number of nitrogens with one attached hydrogen (secondary N) is 2. The van der Waals surface area contributed by atoms with Crippen molar-refractivity contribution in [3.8, 4) is 0 Å². The summed E-state index contributed by atoms with van der Waals surface area (Å²) in [6, 6.07) is 0.103. The lowest BCUT2D eigenvalue weighted by Gasteiger charge is -2.51. The van der Waals surface area contributed by atoms with Crippen molar-refractivity contribution in [2.75, 3.05) is 18.5 Å². The minimum absolute atomic E-state index is 0.0572. The number of aromatic nitrogens is 2. The van der Waals surface area contributed by atoms with Crippen LogP contribution in [0.5, 0.6) is 0 Å². The Hall–Kier alpha value is -1.69. The van der Waals surface area contributed by atoms with Gasteiger partial charge in [0.1, 0.15) is 11.5 Å². The lowest BCUT2D eigenvalue weighted by molar-refractivity contribution is -0.111. The van der Waals surface area contributed by atoms with Crippen molar-refractivity contribution in [1.82, 2.24) is 15.3 Å². The van der Waals surface area contributed by atoms with Crippen molar-refractivity contribution in [2.45, 2.75) is 46.3 Å². The van der Waals surface area contributed by atoms with Gasteiger partial charge in [0.2, 0.25) is 0 Å². The summed E-state index contributed by atoms with van der Waals surface area (Å²) in [4.78, 5) is 20.6. The number of rotatable bonds is 6. The lowest BCUT2D eigenvalue weighted by Crippen LogP contribution is -2.62. The second kappa shape index (κ2) is 6.39. The molecule has 0 radical (unpaired) electrons. The largest absolute Gasteiger partial charge is 0.378 e. The summed E-state index contributed by atoms with van der Waals surface area (Å²) in [5.74, 6) is 0.431. The smallest absolute Gasteiger partial charge is 0.271 e. The van der Waals surface area contributed by atoms with E-state index < -0.39 is 0 Å². The number of carbonyl (C=O) groups is 1. The fourth-order valence-corrected chi connectivity index (χ4v) is 2.59. The quantitative estimate of drug-likeness (QED) is 0.836. The molecule has 2 atom stereocenters. The highest BCUT2D eigenvalue weighted by Gasteiger charge is 2.49. The van der Waals surface area contributed by atoms with Crippen molar-refractivity contribution in [1.29, 1.82) is 0 Å². The van der Waals surface area contributed by atoms with Crippen molar-refractivity contribution in [3.05, 3.63) is 18.1 Å². The van der Waals surface area contributed by atoms with Gasteiger partial charge in [-0.1, -0.05) is 13.8 Å². The summed E-state index contributed by atoms with van der Waals surface area (Å²) in [6.07, 6.45) is 4.14. The molecule has 2 unspecified atom stereocenters. The SMILES string of the molecule is CCNc1cncc(C(=O)NC2CC(OCC)C2(C)C)n1. The van der Waals surface area contributed by atoms with Gasteiger partial charge in [-0.25, -0.2) is 4.98 Å². The molecule has 0 aliphatic heterocycles. The monoisotopic (exact) mass is 292 g/mol. The van der Waals surface area contributed by atoms with E-state index >= 15 is 0 Å². The number of hydrogen-bond donors (Lipinski definition) is 2. The summed E-state index contributed by atoms with van der Waals surface area (Å²) in [5.41, 5.74) is 0.280. The maximum atomic E-state index is 12.3. The number of carbonyl (C=O) groups excluding carboxylic acids is 1.